The van der Waals surface area contributed by atoms with Gasteiger partial charge in [0.05, 0.1) is 12.4 Å². The van der Waals surface area contributed by atoms with Gasteiger partial charge in [-0.05, 0) is 24.7 Å². The van der Waals surface area contributed by atoms with Crippen LogP contribution in [0, 0.1) is 11.8 Å². The summed E-state index contributed by atoms with van der Waals surface area (Å²) in [5, 5.41) is 14.7. The number of hydrogen-bond donors (Lipinski definition) is 5. The van der Waals surface area contributed by atoms with E-state index in [2.05, 4.69) is 20.6 Å². The Morgan fingerprint density at radius 1 is 1.22 bits per heavy atom. The zero-order valence-electron chi connectivity index (χ0n) is 19.0. The highest BCUT2D eigenvalue weighted by molar-refractivity contribution is 5.94. The molecule has 1 aromatic heterocycles. The summed E-state index contributed by atoms with van der Waals surface area (Å²) in [7, 11) is 0. The van der Waals surface area contributed by atoms with Crippen LogP contribution >= 0.6 is 0 Å². The molecule has 32 heavy (non-hydrogen) atoms. The molecule has 1 saturated heterocycles. The van der Waals surface area contributed by atoms with Gasteiger partial charge in [0.25, 0.3) is 0 Å². The second kappa shape index (κ2) is 11.1. The molecule has 3 amide bonds. The number of carboxylic acids is 1. The smallest absolute Gasteiger partial charge is 0.326 e. The van der Waals surface area contributed by atoms with Crippen molar-refractivity contribution in [3.8, 4) is 0 Å². The number of imidazole rings is 1. The molecule has 1 fully saturated rings. The average molecular weight is 451 g/mol. The molecule has 178 valence electrons. The highest BCUT2D eigenvalue weighted by atomic mass is 16.4. The average Bonchev–Trinajstić information content (AvgIpc) is 3.41. The van der Waals surface area contributed by atoms with Crippen molar-refractivity contribution in [2.24, 2.45) is 17.6 Å². The fourth-order valence-corrected chi connectivity index (χ4v) is 3.64. The van der Waals surface area contributed by atoms with E-state index < -0.39 is 42.0 Å². The minimum Gasteiger partial charge on any atom is -0.480 e. The molecule has 11 heteroatoms. The Bertz CT molecular complexity index is 810. The van der Waals surface area contributed by atoms with Crippen LogP contribution in [0.5, 0.6) is 0 Å². The van der Waals surface area contributed by atoms with Crippen LogP contribution in [0.25, 0.3) is 0 Å². The van der Waals surface area contributed by atoms with Gasteiger partial charge >= 0.3 is 5.97 Å². The van der Waals surface area contributed by atoms with E-state index in [1.807, 2.05) is 13.8 Å². The molecule has 1 aromatic rings. The Labute approximate surface area is 187 Å². The van der Waals surface area contributed by atoms with Gasteiger partial charge in [0, 0.05) is 24.9 Å². The number of rotatable bonds is 10. The van der Waals surface area contributed by atoms with Gasteiger partial charge in [0.1, 0.15) is 18.1 Å². The number of nitrogens with two attached hydrogens (primary N) is 1. The van der Waals surface area contributed by atoms with E-state index in [0.29, 0.717) is 25.1 Å². The lowest BCUT2D eigenvalue weighted by Gasteiger charge is -2.30. The lowest BCUT2D eigenvalue weighted by atomic mass is 10.0. The van der Waals surface area contributed by atoms with Crippen LogP contribution in [-0.4, -0.2) is 74.4 Å². The van der Waals surface area contributed by atoms with E-state index in [1.54, 1.807) is 13.8 Å². The minimum absolute atomic E-state index is 0.0256. The van der Waals surface area contributed by atoms with Gasteiger partial charge in [-0.3, -0.25) is 14.4 Å². The Morgan fingerprint density at radius 3 is 2.44 bits per heavy atom. The van der Waals surface area contributed by atoms with Crippen molar-refractivity contribution in [3.63, 3.8) is 0 Å². The normalized spacial score (nSPS) is 19.0. The number of carbonyl (C=O) groups is 4. The largest absolute Gasteiger partial charge is 0.480 e. The summed E-state index contributed by atoms with van der Waals surface area (Å²) >= 11 is 0. The van der Waals surface area contributed by atoms with Gasteiger partial charge in [-0.1, -0.05) is 27.7 Å². The maximum absolute atomic E-state index is 13.0. The first-order chi connectivity index (χ1) is 15.0. The summed E-state index contributed by atoms with van der Waals surface area (Å²) in [4.78, 5) is 58.3. The van der Waals surface area contributed by atoms with Crippen LogP contribution in [-0.2, 0) is 25.6 Å². The quantitative estimate of drug-likeness (QED) is 0.324. The van der Waals surface area contributed by atoms with Gasteiger partial charge < -0.3 is 31.4 Å². The molecule has 0 aliphatic carbocycles. The lowest BCUT2D eigenvalue weighted by Crippen LogP contribution is -2.58. The van der Waals surface area contributed by atoms with Crippen LogP contribution in [0.15, 0.2) is 12.5 Å². The predicted molar refractivity (Wildman–Crippen MR) is 116 cm³/mol. The second-order valence-corrected chi connectivity index (χ2v) is 8.87. The van der Waals surface area contributed by atoms with Gasteiger partial charge in [-0.15, -0.1) is 0 Å². The molecule has 0 radical (unpaired) electrons. The Morgan fingerprint density at radius 2 is 1.91 bits per heavy atom. The third kappa shape index (κ3) is 6.28. The van der Waals surface area contributed by atoms with E-state index in [0.717, 1.165) is 0 Å². The molecule has 2 heterocycles. The molecule has 0 aromatic carbocycles. The Hall–Kier alpha value is -2.95. The molecule has 2 rings (SSSR count). The number of carboxylic acid groups (broad SMARTS) is 1. The number of carbonyl (C=O) groups excluding carboxylic acids is 3. The van der Waals surface area contributed by atoms with Crippen molar-refractivity contribution in [1.82, 2.24) is 25.5 Å². The number of nitrogens with one attached hydrogen (secondary N) is 3. The van der Waals surface area contributed by atoms with E-state index in [9.17, 15) is 24.3 Å². The van der Waals surface area contributed by atoms with Crippen molar-refractivity contribution >= 4 is 23.7 Å². The topological polar surface area (TPSA) is 171 Å². The van der Waals surface area contributed by atoms with Crippen LogP contribution in [0.4, 0.5) is 0 Å². The first-order valence-corrected chi connectivity index (χ1v) is 10.9. The van der Waals surface area contributed by atoms with Crippen LogP contribution in [0.2, 0.25) is 0 Å². The van der Waals surface area contributed by atoms with E-state index in [1.165, 1.54) is 17.4 Å². The van der Waals surface area contributed by atoms with Crippen LogP contribution in [0.1, 0.15) is 46.2 Å². The van der Waals surface area contributed by atoms with Crippen molar-refractivity contribution in [2.45, 2.75) is 71.1 Å². The Balaban J connectivity index is 2.07. The summed E-state index contributed by atoms with van der Waals surface area (Å²) in [5.41, 5.74) is 6.55. The van der Waals surface area contributed by atoms with E-state index >= 15 is 0 Å². The molecule has 1 aliphatic heterocycles. The summed E-state index contributed by atoms with van der Waals surface area (Å²) in [5.74, 6) is -2.89. The summed E-state index contributed by atoms with van der Waals surface area (Å²) in [6.07, 6.45) is 4.08. The van der Waals surface area contributed by atoms with Gasteiger partial charge in [0.2, 0.25) is 17.7 Å². The lowest BCUT2D eigenvalue weighted by molar-refractivity contribution is -0.143. The third-order valence-corrected chi connectivity index (χ3v) is 5.68. The molecule has 4 unspecified atom stereocenters. The predicted octanol–water partition coefficient (Wildman–Crippen LogP) is -0.363. The summed E-state index contributed by atoms with van der Waals surface area (Å²) < 4.78 is 0. The zero-order chi connectivity index (χ0) is 24.0. The fraction of sp³-hybridized carbons (Fsp3) is 0.667. The van der Waals surface area contributed by atoms with Crippen molar-refractivity contribution in [1.29, 1.82) is 0 Å². The number of aromatic amines is 1. The number of nitrogens with zero attached hydrogens (tertiary/aromatic N) is 2. The van der Waals surface area contributed by atoms with Crippen LogP contribution in [0.3, 0.4) is 0 Å². The molecular weight excluding hydrogens is 416 g/mol. The summed E-state index contributed by atoms with van der Waals surface area (Å²) in [6.45, 7) is 7.62. The minimum atomic E-state index is -1.20. The first kappa shape index (κ1) is 25.3. The number of aromatic nitrogens is 2. The number of hydrogen-bond acceptors (Lipinski definition) is 6. The van der Waals surface area contributed by atoms with E-state index in [4.69, 9.17) is 5.73 Å². The monoisotopic (exact) mass is 450 g/mol. The second-order valence-electron chi connectivity index (χ2n) is 8.87. The third-order valence-electron chi connectivity index (χ3n) is 5.68. The molecule has 0 bridgehead atoms. The van der Waals surface area contributed by atoms with Crippen molar-refractivity contribution in [2.75, 3.05) is 6.54 Å². The van der Waals surface area contributed by atoms with Crippen LogP contribution < -0.4 is 16.4 Å². The van der Waals surface area contributed by atoms with Gasteiger partial charge in [0.15, 0.2) is 0 Å². The van der Waals surface area contributed by atoms with Crippen molar-refractivity contribution in [3.05, 3.63) is 18.2 Å². The molecular formula is C21H34N6O5. The number of aliphatic carboxylic acids is 1. The maximum atomic E-state index is 13.0. The highest BCUT2D eigenvalue weighted by Gasteiger charge is 2.39. The standard InChI is InChI=1S/C21H34N6O5/c1-11(2)16(22)20(30)27-7-5-6-15(27)18(28)26-17(12(3)4)19(29)25-14(21(31)32)8-13-9-23-10-24-13/h9-12,14-17H,5-8,22H2,1-4H3,(H,23,24)(H,25,29)(H,26,28)(H,31,32). The van der Waals surface area contributed by atoms with Gasteiger partial charge in [-0.2, -0.15) is 0 Å². The van der Waals surface area contributed by atoms with Crippen molar-refractivity contribution < 1.29 is 24.3 Å². The first-order valence-electron chi connectivity index (χ1n) is 10.9. The molecule has 0 spiro atoms. The fourth-order valence-electron chi connectivity index (χ4n) is 3.64. The van der Waals surface area contributed by atoms with Gasteiger partial charge in [-0.25, -0.2) is 9.78 Å². The van der Waals surface area contributed by atoms with E-state index in [-0.39, 0.29) is 24.2 Å². The number of likely N-dealkylation sites (tertiary alicyclic amines) is 1. The zero-order valence-corrected chi connectivity index (χ0v) is 19.0. The molecule has 1 aliphatic rings. The summed E-state index contributed by atoms with van der Waals surface area (Å²) in [6, 6.07) is -3.55. The molecule has 11 nitrogen and oxygen atoms in total. The number of H-pyrrole nitrogens is 1. The molecule has 6 N–H and O–H groups in total. The molecule has 0 saturated carbocycles. The highest BCUT2D eigenvalue weighted by Crippen LogP contribution is 2.20. The maximum Gasteiger partial charge on any atom is 0.326 e. The molecule has 4 atom stereocenters. The number of amides is 3. The Kier molecular flexibility index (Phi) is 8.76. The SMILES string of the molecule is CC(C)C(N)C(=O)N1CCCC1C(=O)NC(C(=O)NC(Cc1cnc[nH]1)C(=O)O)C(C)C.